The number of fused-ring (bicyclic) bond motifs is 3. The highest BCUT2D eigenvalue weighted by Gasteiger charge is 2.42. The number of nitrogens with zero attached hydrogens (tertiary/aromatic N) is 1. The van der Waals surface area contributed by atoms with E-state index in [1.54, 1.807) is 13.2 Å². The summed E-state index contributed by atoms with van der Waals surface area (Å²) in [6.45, 7) is 0. The smallest absolute Gasteiger partial charge is 0.275 e. The van der Waals surface area contributed by atoms with Gasteiger partial charge in [-0.15, -0.1) is 0 Å². The van der Waals surface area contributed by atoms with E-state index in [-0.39, 0.29) is 28.5 Å². The first-order valence-electron chi connectivity index (χ1n) is 8.14. The first kappa shape index (κ1) is 16.0. The van der Waals surface area contributed by atoms with Crippen LogP contribution in [0.2, 0.25) is 5.02 Å². The Bertz CT molecular complexity index is 881. The van der Waals surface area contributed by atoms with Gasteiger partial charge in [-0.1, -0.05) is 35.9 Å². The van der Waals surface area contributed by atoms with Gasteiger partial charge in [-0.3, -0.25) is 10.1 Å². The van der Waals surface area contributed by atoms with Crippen LogP contribution in [0, 0.1) is 16.0 Å². The maximum Gasteiger partial charge on any atom is 0.275 e. The minimum absolute atomic E-state index is 0.0158. The van der Waals surface area contributed by atoms with E-state index in [4.69, 9.17) is 16.3 Å². The van der Waals surface area contributed by atoms with Crippen molar-refractivity contribution in [3.63, 3.8) is 0 Å². The lowest BCUT2D eigenvalue weighted by molar-refractivity contribution is -0.385. The first-order valence-corrected chi connectivity index (χ1v) is 8.52. The molecule has 0 bridgehead atoms. The Labute approximate surface area is 150 Å². The second kappa shape index (κ2) is 6.08. The summed E-state index contributed by atoms with van der Waals surface area (Å²) in [5.41, 5.74) is 2.62. The van der Waals surface area contributed by atoms with Gasteiger partial charge in [0.1, 0.15) is 5.75 Å². The SMILES string of the molecule is COc1ccc([N+](=O)[O-])c2c1N[C@H](c1cccc(Cl)c1)[C@@H]1CC=C[C@@H]21. The lowest BCUT2D eigenvalue weighted by Gasteiger charge is -2.37. The van der Waals surface area contributed by atoms with Crippen molar-refractivity contribution in [1.82, 2.24) is 0 Å². The van der Waals surface area contributed by atoms with Crippen LogP contribution in [0.15, 0.2) is 48.6 Å². The third-order valence-corrected chi connectivity index (χ3v) is 5.32. The Kier molecular flexibility index (Phi) is 3.88. The van der Waals surface area contributed by atoms with Crippen LogP contribution in [-0.4, -0.2) is 12.0 Å². The molecule has 0 saturated heterocycles. The number of benzene rings is 2. The number of rotatable bonds is 3. The van der Waals surface area contributed by atoms with E-state index in [0.717, 1.165) is 12.0 Å². The van der Waals surface area contributed by atoms with E-state index in [0.29, 0.717) is 22.0 Å². The van der Waals surface area contributed by atoms with E-state index in [2.05, 4.69) is 17.5 Å². The molecule has 2 aromatic rings. The van der Waals surface area contributed by atoms with Crippen molar-refractivity contribution in [3.05, 3.63) is 74.8 Å². The predicted octanol–water partition coefficient (Wildman–Crippen LogP) is 5.08. The van der Waals surface area contributed by atoms with Gasteiger partial charge in [0.15, 0.2) is 0 Å². The van der Waals surface area contributed by atoms with Crippen LogP contribution in [0.5, 0.6) is 5.75 Å². The summed E-state index contributed by atoms with van der Waals surface area (Å²) in [6.07, 6.45) is 5.05. The number of hydrogen-bond acceptors (Lipinski definition) is 4. The summed E-state index contributed by atoms with van der Waals surface area (Å²) in [7, 11) is 1.58. The van der Waals surface area contributed by atoms with Crippen LogP contribution in [-0.2, 0) is 0 Å². The molecule has 1 N–H and O–H groups in total. The lowest BCUT2D eigenvalue weighted by Crippen LogP contribution is -2.30. The number of allylic oxidation sites excluding steroid dienone is 2. The molecule has 0 aromatic heterocycles. The van der Waals surface area contributed by atoms with Crippen molar-refractivity contribution in [2.24, 2.45) is 5.92 Å². The molecule has 2 aliphatic rings. The molecule has 128 valence electrons. The topological polar surface area (TPSA) is 64.4 Å². The molecule has 0 amide bonds. The average Bonchev–Trinajstić information content (AvgIpc) is 3.09. The predicted molar refractivity (Wildman–Crippen MR) is 97.5 cm³/mol. The Morgan fingerprint density at radius 1 is 1.32 bits per heavy atom. The van der Waals surface area contributed by atoms with Crippen molar-refractivity contribution in [2.75, 3.05) is 12.4 Å². The molecule has 25 heavy (non-hydrogen) atoms. The van der Waals surface area contributed by atoms with Crippen molar-refractivity contribution in [3.8, 4) is 5.75 Å². The normalized spacial score (nSPS) is 23.5. The van der Waals surface area contributed by atoms with Gasteiger partial charge in [0.25, 0.3) is 5.69 Å². The van der Waals surface area contributed by atoms with Gasteiger partial charge in [-0.05, 0) is 36.1 Å². The number of methoxy groups -OCH3 is 1. The van der Waals surface area contributed by atoms with Crippen molar-refractivity contribution in [1.29, 1.82) is 0 Å². The zero-order chi connectivity index (χ0) is 17.6. The maximum atomic E-state index is 11.6. The maximum absolute atomic E-state index is 11.6. The molecule has 0 unspecified atom stereocenters. The standard InChI is InChI=1S/C19H17ClN2O3/c1-25-16-9-8-15(22(23)24)17-13-6-3-7-14(13)18(21-19(16)17)11-4-2-5-12(20)10-11/h2-6,8-10,13-14,18,21H,7H2,1H3/t13-,14-,18-/m1/s1. The van der Waals surface area contributed by atoms with E-state index < -0.39 is 0 Å². The first-order chi connectivity index (χ1) is 12.1. The number of hydrogen-bond donors (Lipinski definition) is 1. The van der Waals surface area contributed by atoms with Crippen LogP contribution in [0.4, 0.5) is 11.4 Å². The van der Waals surface area contributed by atoms with Crippen molar-refractivity contribution < 1.29 is 9.66 Å². The van der Waals surface area contributed by atoms with Crippen molar-refractivity contribution >= 4 is 23.0 Å². The van der Waals surface area contributed by atoms with Crippen LogP contribution in [0.1, 0.15) is 29.5 Å². The Morgan fingerprint density at radius 2 is 2.16 bits per heavy atom. The van der Waals surface area contributed by atoms with Crippen molar-refractivity contribution in [2.45, 2.75) is 18.4 Å². The van der Waals surface area contributed by atoms with Gasteiger partial charge in [0.2, 0.25) is 0 Å². The number of anilines is 1. The van der Waals surface area contributed by atoms with E-state index >= 15 is 0 Å². The number of halogens is 1. The summed E-state index contributed by atoms with van der Waals surface area (Å²) >= 11 is 6.18. The molecule has 2 aromatic carbocycles. The molecule has 0 radical (unpaired) electrons. The molecule has 6 heteroatoms. The van der Waals surface area contributed by atoms with Crippen LogP contribution in [0.3, 0.4) is 0 Å². The summed E-state index contributed by atoms with van der Waals surface area (Å²) < 4.78 is 5.47. The fourth-order valence-corrected chi connectivity index (χ4v) is 4.22. The fraction of sp³-hybridized carbons (Fsp3) is 0.263. The Balaban J connectivity index is 1.89. The number of nitrogens with one attached hydrogen (secondary N) is 1. The molecule has 4 rings (SSSR count). The molecule has 5 nitrogen and oxygen atoms in total. The zero-order valence-electron chi connectivity index (χ0n) is 13.6. The Morgan fingerprint density at radius 3 is 2.88 bits per heavy atom. The Hall–Kier alpha value is -2.53. The average molecular weight is 357 g/mol. The van der Waals surface area contributed by atoms with E-state index in [1.807, 2.05) is 24.3 Å². The lowest BCUT2D eigenvalue weighted by atomic mass is 9.76. The molecular formula is C19H17ClN2O3. The number of nitro benzene ring substituents is 1. The highest BCUT2D eigenvalue weighted by Crippen LogP contribution is 2.54. The van der Waals surface area contributed by atoms with Gasteiger partial charge >= 0.3 is 0 Å². The van der Waals surface area contributed by atoms with Crippen LogP contribution in [0.25, 0.3) is 0 Å². The second-order valence-corrected chi connectivity index (χ2v) is 6.80. The fourth-order valence-electron chi connectivity index (χ4n) is 4.02. The van der Waals surface area contributed by atoms with Gasteiger partial charge in [-0.2, -0.15) is 0 Å². The van der Waals surface area contributed by atoms with E-state index in [1.165, 1.54) is 6.07 Å². The van der Waals surface area contributed by atoms with Crippen LogP contribution < -0.4 is 10.1 Å². The molecule has 1 aliphatic carbocycles. The third kappa shape index (κ3) is 2.55. The molecule has 0 saturated carbocycles. The minimum Gasteiger partial charge on any atom is -0.495 e. The van der Waals surface area contributed by atoms with Crippen LogP contribution >= 0.6 is 11.6 Å². The van der Waals surface area contributed by atoms with Gasteiger partial charge in [0.05, 0.1) is 29.3 Å². The molecule has 0 spiro atoms. The van der Waals surface area contributed by atoms with Gasteiger partial charge < -0.3 is 10.1 Å². The largest absolute Gasteiger partial charge is 0.495 e. The summed E-state index contributed by atoms with van der Waals surface area (Å²) in [5, 5.41) is 15.7. The molecule has 0 fully saturated rings. The quantitative estimate of drug-likeness (QED) is 0.473. The molecule has 1 aliphatic heterocycles. The summed E-state index contributed by atoms with van der Waals surface area (Å²) in [6, 6.07) is 11.0. The third-order valence-electron chi connectivity index (χ3n) is 5.08. The van der Waals surface area contributed by atoms with E-state index in [9.17, 15) is 10.1 Å². The number of ether oxygens (including phenoxy) is 1. The zero-order valence-corrected chi connectivity index (χ0v) is 14.4. The second-order valence-electron chi connectivity index (χ2n) is 6.36. The van der Waals surface area contributed by atoms with Gasteiger partial charge in [0, 0.05) is 17.0 Å². The highest BCUT2D eigenvalue weighted by molar-refractivity contribution is 6.30. The summed E-state index contributed by atoms with van der Waals surface area (Å²) in [5.74, 6) is 0.805. The molecular weight excluding hydrogens is 340 g/mol. The summed E-state index contributed by atoms with van der Waals surface area (Å²) in [4.78, 5) is 11.2. The minimum atomic E-state index is -0.317. The van der Waals surface area contributed by atoms with Gasteiger partial charge in [-0.25, -0.2) is 0 Å². The molecule has 1 heterocycles. The molecule has 3 atom stereocenters. The number of nitro groups is 1. The monoisotopic (exact) mass is 356 g/mol. The highest BCUT2D eigenvalue weighted by atomic mass is 35.5.